The Morgan fingerprint density at radius 1 is 1.27 bits per heavy atom. The van der Waals surface area contributed by atoms with Gasteiger partial charge in [0.1, 0.15) is 5.82 Å². The van der Waals surface area contributed by atoms with Gasteiger partial charge in [-0.05, 0) is 43.1 Å². The number of hydrogen-bond donors (Lipinski definition) is 1. The van der Waals surface area contributed by atoms with Gasteiger partial charge in [0.25, 0.3) is 0 Å². The number of benzene rings is 1. The highest BCUT2D eigenvalue weighted by atomic mass is 35.5. The van der Waals surface area contributed by atoms with Crippen molar-refractivity contribution in [3.8, 4) is 0 Å². The maximum atomic E-state index is 13.1. The summed E-state index contributed by atoms with van der Waals surface area (Å²) in [5.41, 5.74) is 0.967. The lowest BCUT2D eigenvalue weighted by Crippen LogP contribution is -2.26. The molecule has 1 aromatic carbocycles. The van der Waals surface area contributed by atoms with Crippen molar-refractivity contribution >= 4 is 24.0 Å². The van der Waals surface area contributed by atoms with E-state index >= 15 is 0 Å². The van der Waals surface area contributed by atoms with Crippen molar-refractivity contribution in [2.75, 3.05) is 6.54 Å². The zero-order chi connectivity index (χ0) is 9.97. The van der Waals surface area contributed by atoms with Gasteiger partial charge in [-0.15, -0.1) is 12.4 Å². The third-order valence-corrected chi connectivity index (χ3v) is 2.82. The standard InChI is InChI=1S/C11H13ClFN.ClH/c12-9-5-8(6-10(13)7-9)11-3-1-2-4-14-11;/h5-7,11,14H,1-4H2;1H/t11-;/m1./s1. The Balaban J connectivity index is 0.00000112. The summed E-state index contributed by atoms with van der Waals surface area (Å²) in [6.45, 7) is 1.01. The van der Waals surface area contributed by atoms with E-state index in [2.05, 4.69) is 5.32 Å². The van der Waals surface area contributed by atoms with Crippen LogP contribution in [0.15, 0.2) is 18.2 Å². The second kappa shape index (κ2) is 5.69. The molecule has 0 radical (unpaired) electrons. The van der Waals surface area contributed by atoms with Gasteiger partial charge in [0, 0.05) is 11.1 Å². The van der Waals surface area contributed by atoms with E-state index in [1.165, 1.54) is 18.9 Å². The van der Waals surface area contributed by atoms with Crippen LogP contribution in [0.5, 0.6) is 0 Å². The molecule has 1 saturated heterocycles. The molecule has 0 amide bonds. The predicted octanol–water partition coefficient (Wildman–Crippen LogP) is 3.72. The molecule has 84 valence electrons. The average Bonchev–Trinajstić information content (AvgIpc) is 2.18. The summed E-state index contributed by atoms with van der Waals surface area (Å²) in [5.74, 6) is -0.250. The molecule has 0 aromatic heterocycles. The quantitative estimate of drug-likeness (QED) is 0.801. The van der Waals surface area contributed by atoms with Crippen LogP contribution in [-0.2, 0) is 0 Å². The van der Waals surface area contributed by atoms with Crippen molar-refractivity contribution in [2.45, 2.75) is 25.3 Å². The molecular formula is C11H14Cl2FN. The lowest BCUT2D eigenvalue weighted by molar-refractivity contribution is 0.411. The fraction of sp³-hybridized carbons (Fsp3) is 0.455. The Morgan fingerprint density at radius 2 is 2.07 bits per heavy atom. The molecule has 1 aliphatic rings. The minimum Gasteiger partial charge on any atom is -0.310 e. The van der Waals surface area contributed by atoms with E-state index < -0.39 is 0 Å². The van der Waals surface area contributed by atoms with Crippen LogP contribution in [0.3, 0.4) is 0 Å². The molecule has 1 N–H and O–H groups in total. The predicted molar refractivity (Wildman–Crippen MR) is 63.3 cm³/mol. The second-order valence-corrected chi connectivity index (χ2v) is 4.14. The summed E-state index contributed by atoms with van der Waals surface area (Å²) < 4.78 is 13.1. The molecule has 0 unspecified atom stereocenters. The second-order valence-electron chi connectivity index (χ2n) is 3.71. The first kappa shape index (κ1) is 12.8. The lowest BCUT2D eigenvalue weighted by Gasteiger charge is -2.23. The number of hydrogen-bond acceptors (Lipinski definition) is 1. The zero-order valence-electron chi connectivity index (χ0n) is 8.30. The first-order chi connectivity index (χ1) is 6.75. The summed E-state index contributed by atoms with van der Waals surface area (Å²) in [6.07, 6.45) is 3.48. The average molecular weight is 250 g/mol. The summed E-state index contributed by atoms with van der Waals surface area (Å²) in [4.78, 5) is 0. The number of rotatable bonds is 1. The van der Waals surface area contributed by atoms with Crippen molar-refractivity contribution in [1.82, 2.24) is 5.32 Å². The van der Waals surface area contributed by atoms with Gasteiger partial charge in [0.05, 0.1) is 0 Å². The monoisotopic (exact) mass is 249 g/mol. The molecular weight excluding hydrogens is 236 g/mol. The van der Waals surface area contributed by atoms with Crippen LogP contribution in [0.1, 0.15) is 30.9 Å². The van der Waals surface area contributed by atoms with Crippen LogP contribution in [0, 0.1) is 5.82 Å². The molecule has 15 heavy (non-hydrogen) atoms. The Hall–Kier alpha value is -0.310. The minimum atomic E-state index is -0.250. The highest BCUT2D eigenvalue weighted by molar-refractivity contribution is 6.30. The maximum Gasteiger partial charge on any atom is 0.125 e. The normalized spacial score (nSPS) is 20.8. The SMILES string of the molecule is Cl.Fc1cc(Cl)cc([C@H]2CCCCN2)c1. The minimum absolute atomic E-state index is 0. The van der Waals surface area contributed by atoms with Crippen LogP contribution < -0.4 is 5.32 Å². The van der Waals surface area contributed by atoms with Gasteiger partial charge in [-0.3, -0.25) is 0 Å². The van der Waals surface area contributed by atoms with E-state index in [0.717, 1.165) is 18.5 Å². The maximum absolute atomic E-state index is 13.1. The fourth-order valence-corrected chi connectivity index (χ4v) is 2.14. The van der Waals surface area contributed by atoms with Gasteiger partial charge in [0.2, 0.25) is 0 Å². The number of halogens is 3. The van der Waals surface area contributed by atoms with Gasteiger partial charge in [0.15, 0.2) is 0 Å². The van der Waals surface area contributed by atoms with Gasteiger partial charge < -0.3 is 5.32 Å². The summed E-state index contributed by atoms with van der Waals surface area (Å²) in [7, 11) is 0. The first-order valence-electron chi connectivity index (χ1n) is 4.95. The smallest absolute Gasteiger partial charge is 0.125 e. The third kappa shape index (κ3) is 3.33. The fourth-order valence-electron chi connectivity index (χ4n) is 1.91. The van der Waals surface area contributed by atoms with Crippen LogP contribution in [0.4, 0.5) is 4.39 Å². The van der Waals surface area contributed by atoms with Crippen LogP contribution in [0.25, 0.3) is 0 Å². The highest BCUT2D eigenvalue weighted by Gasteiger charge is 2.15. The van der Waals surface area contributed by atoms with Crippen molar-refractivity contribution in [1.29, 1.82) is 0 Å². The number of nitrogens with one attached hydrogen (secondary N) is 1. The molecule has 1 heterocycles. The lowest BCUT2D eigenvalue weighted by atomic mass is 9.97. The zero-order valence-corrected chi connectivity index (χ0v) is 9.87. The molecule has 1 nitrogen and oxygen atoms in total. The Kier molecular flexibility index (Phi) is 4.84. The van der Waals surface area contributed by atoms with E-state index in [4.69, 9.17) is 11.6 Å². The number of piperidine rings is 1. The molecule has 4 heteroatoms. The van der Waals surface area contributed by atoms with E-state index in [1.54, 1.807) is 6.07 Å². The Labute approximate surface area is 100 Å². The third-order valence-electron chi connectivity index (χ3n) is 2.60. The first-order valence-corrected chi connectivity index (χ1v) is 5.33. The van der Waals surface area contributed by atoms with Gasteiger partial charge in [-0.25, -0.2) is 4.39 Å². The van der Waals surface area contributed by atoms with E-state index in [0.29, 0.717) is 5.02 Å². The molecule has 1 atom stereocenters. The Bertz CT molecular complexity index is 304. The summed E-state index contributed by atoms with van der Waals surface area (Å²) in [5, 5.41) is 3.84. The topological polar surface area (TPSA) is 12.0 Å². The van der Waals surface area contributed by atoms with Crippen LogP contribution >= 0.6 is 24.0 Å². The molecule has 0 bridgehead atoms. The van der Waals surface area contributed by atoms with Crippen LogP contribution in [0.2, 0.25) is 5.02 Å². The van der Waals surface area contributed by atoms with Gasteiger partial charge >= 0.3 is 0 Å². The van der Waals surface area contributed by atoms with Gasteiger partial charge in [-0.2, -0.15) is 0 Å². The summed E-state index contributed by atoms with van der Waals surface area (Å²) in [6, 6.07) is 5.02. The molecule has 0 spiro atoms. The highest BCUT2D eigenvalue weighted by Crippen LogP contribution is 2.25. The van der Waals surface area contributed by atoms with E-state index in [9.17, 15) is 4.39 Å². The summed E-state index contributed by atoms with van der Waals surface area (Å²) >= 11 is 5.80. The molecule has 1 fully saturated rings. The molecule has 1 aromatic rings. The Morgan fingerprint density at radius 3 is 2.67 bits per heavy atom. The van der Waals surface area contributed by atoms with Crippen molar-refractivity contribution in [3.05, 3.63) is 34.6 Å². The van der Waals surface area contributed by atoms with Crippen LogP contribution in [-0.4, -0.2) is 6.54 Å². The molecule has 1 aliphatic heterocycles. The van der Waals surface area contributed by atoms with Crippen molar-refractivity contribution < 1.29 is 4.39 Å². The van der Waals surface area contributed by atoms with Crippen molar-refractivity contribution in [3.63, 3.8) is 0 Å². The molecule has 0 saturated carbocycles. The van der Waals surface area contributed by atoms with E-state index in [1.807, 2.05) is 6.07 Å². The van der Waals surface area contributed by atoms with Crippen molar-refractivity contribution in [2.24, 2.45) is 0 Å². The largest absolute Gasteiger partial charge is 0.310 e. The van der Waals surface area contributed by atoms with E-state index in [-0.39, 0.29) is 24.3 Å². The van der Waals surface area contributed by atoms with Gasteiger partial charge in [-0.1, -0.05) is 18.0 Å². The molecule has 0 aliphatic carbocycles. The molecule has 2 rings (SSSR count).